The van der Waals surface area contributed by atoms with E-state index in [2.05, 4.69) is 42.4 Å². The van der Waals surface area contributed by atoms with Crippen LogP contribution in [0.2, 0.25) is 0 Å². The van der Waals surface area contributed by atoms with Crippen LogP contribution in [0.15, 0.2) is 35.3 Å². The predicted molar refractivity (Wildman–Crippen MR) is 121 cm³/mol. The fraction of sp³-hybridized carbons (Fsp3) is 0.500. The van der Waals surface area contributed by atoms with E-state index >= 15 is 0 Å². The van der Waals surface area contributed by atoms with E-state index in [1.807, 2.05) is 12.1 Å². The van der Waals surface area contributed by atoms with Gasteiger partial charge in [-0.3, -0.25) is 9.79 Å². The van der Waals surface area contributed by atoms with E-state index < -0.39 is 0 Å². The Hall–Kier alpha value is -1.94. The van der Waals surface area contributed by atoms with Gasteiger partial charge in [0.05, 0.1) is 5.71 Å². The predicted octanol–water partition coefficient (Wildman–Crippen LogP) is 6.53. The lowest BCUT2D eigenvalue weighted by Gasteiger charge is -2.08. The van der Waals surface area contributed by atoms with Crippen LogP contribution in [0.1, 0.15) is 79.9 Å². The average Bonchev–Trinajstić information content (AvgIpc) is 3.00. The summed E-state index contributed by atoms with van der Waals surface area (Å²) >= 11 is 1.72. The number of thiophene rings is 1. The zero-order valence-electron chi connectivity index (χ0n) is 17.2. The zero-order valence-corrected chi connectivity index (χ0v) is 18.0. The van der Waals surface area contributed by atoms with Crippen LogP contribution in [-0.2, 0) is 11.2 Å². The number of hydrogen-bond acceptors (Lipinski definition) is 3. The molecule has 4 heteroatoms. The molecule has 0 unspecified atom stereocenters. The minimum absolute atomic E-state index is 0.0229. The fourth-order valence-corrected chi connectivity index (χ4v) is 4.85. The van der Waals surface area contributed by atoms with Gasteiger partial charge >= 0.3 is 0 Å². The van der Waals surface area contributed by atoms with Crippen LogP contribution < -0.4 is 5.32 Å². The maximum atomic E-state index is 12.1. The Balaban J connectivity index is 1.63. The number of rotatable bonds is 10. The van der Waals surface area contributed by atoms with Gasteiger partial charge in [-0.2, -0.15) is 0 Å². The molecule has 1 N–H and O–H groups in total. The molecule has 2 heterocycles. The fourth-order valence-electron chi connectivity index (χ4n) is 3.74. The van der Waals surface area contributed by atoms with Gasteiger partial charge in [0, 0.05) is 16.0 Å². The third kappa shape index (κ3) is 5.54. The lowest BCUT2D eigenvalue weighted by atomic mass is 9.99. The van der Waals surface area contributed by atoms with Crippen molar-refractivity contribution >= 4 is 28.0 Å². The molecule has 1 aromatic heterocycles. The summed E-state index contributed by atoms with van der Waals surface area (Å²) in [7, 11) is 0. The molecule has 0 radical (unpaired) electrons. The number of amides is 1. The first-order valence-corrected chi connectivity index (χ1v) is 11.5. The van der Waals surface area contributed by atoms with Crippen molar-refractivity contribution in [2.24, 2.45) is 4.99 Å². The van der Waals surface area contributed by atoms with E-state index in [1.165, 1.54) is 61.8 Å². The minimum Gasteiger partial charge on any atom is -0.316 e. The van der Waals surface area contributed by atoms with Gasteiger partial charge in [0.25, 0.3) is 0 Å². The highest BCUT2D eigenvalue weighted by molar-refractivity contribution is 7.16. The maximum absolute atomic E-state index is 12.1. The van der Waals surface area contributed by atoms with Gasteiger partial charge in [-0.05, 0) is 31.4 Å². The third-order valence-electron chi connectivity index (χ3n) is 5.35. The van der Waals surface area contributed by atoms with Crippen molar-refractivity contribution in [1.82, 2.24) is 0 Å². The van der Waals surface area contributed by atoms with Crippen LogP contribution in [-0.4, -0.2) is 18.2 Å². The molecular formula is C24H32N2OS. The van der Waals surface area contributed by atoms with Crippen LogP contribution in [0.5, 0.6) is 0 Å². The van der Waals surface area contributed by atoms with Gasteiger partial charge in [0.1, 0.15) is 11.5 Å². The number of benzene rings is 1. The molecule has 0 atom stereocenters. The standard InChI is InChI=1S/C24H32N2OS/c1-3-4-5-6-7-8-9-10-14-19-16-21-23(20-15-12-11-13-18(20)2)25-17-22(27)26-24(21)28-19/h11-13,15-16H,3-10,14,17H2,1-2H3,(H,26,27). The Morgan fingerprint density at radius 3 is 2.46 bits per heavy atom. The van der Waals surface area contributed by atoms with Gasteiger partial charge in [0.2, 0.25) is 5.91 Å². The number of fused-ring (bicyclic) bond motifs is 1. The Labute approximate surface area is 173 Å². The summed E-state index contributed by atoms with van der Waals surface area (Å²) in [5, 5.41) is 4.01. The van der Waals surface area contributed by atoms with Gasteiger partial charge in [-0.1, -0.05) is 76.1 Å². The summed E-state index contributed by atoms with van der Waals surface area (Å²) in [6.45, 7) is 4.56. The van der Waals surface area contributed by atoms with Crippen molar-refractivity contribution in [2.45, 2.75) is 71.6 Å². The van der Waals surface area contributed by atoms with Crippen molar-refractivity contribution in [1.29, 1.82) is 0 Å². The van der Waals surface area contributed by atoms with Gasteiger partial charge in [-0.25, -0.2) is 0 Å². The van der Waals surface area contributed by atoms with E-state index in [9.17, 15) is 4.79 Å². The van der Waals surface area contributed by atoms with Gasteiger partial charge in [-0.15, -0.1) is 11.3 Å². The highest BCUT2D eigenvalue weighted by atomic mass is 32.1. The van der Waals surface area contributed by atoms with Crippen LogP contribution in [0.4, 0.5) is 5.00 Å². The van der Waals surface area contributed by atoms with Crippen LogP contribution in [0, 0.1) is 6.92 Å². The number of carbonyl (C=O) groups excluding carboxylic acids is 1. The second-order valence-electron chi connectivity index (χ2n) is 7.71. The molecular weight excluding hydrogens is 364 g/mol. The topological polar surface area (TPSA) is 41.5 Å². The first-order valence-electron chi connectivity index (χ1n) is 10.7. The molecule has 150 valence electrons. The average molecular weight is 397 g/mol. The van der Waals surface area contributed by atoms with Gasteiger partial charge < -0.3 is 5.32 Å². The number of anilines is 1. The molecule has 0 bridgehead atoms. The number of aliphatic imine (C=N–C) groups is 1. The molecule has 0 fully saturated rings. The summed E-state index contributed by atoms with van der Waals surface area (Å²) in [6, 6.07) is 10.5. The molecule has 1 amide bonds. The Morgan fingerprint density at radius 1 is 1.00 bits per heavy atom. The summed E-state index contributed by atoms with van der Waals surface area (Å²) in [4.78, 5) is 18.1. The second-order valence-corrected chi connectivity index (χ2v) is 8.85. The van der Waals surface area contributed by atoms with E-state index in [0.29, 0.717) is 0 Å². The van der Waals surface area contributed by atoms with Crippen molar-refractivity contribution in [3.8, 4) is 0 Å². The van der Waals surface area contributed by atoms with Crippen LogP contribution >= 0.6 is 11.3 Å². The van der Waals surface area contributed by atoms with E-state index in [-0.39, 0.29) is 12.5 Å². The Morgan fingerprint density at radius 2 is 1.71 bits per heavy atom. The molecule has 1 aromatic carbocycles. The van der Waals surface area contributed by atoms with Crippen molar-refractivity contribution in [3.05, 3.63) is 51.9 Å². The monoisotopic (exact) mass is 396 g/mol. The largest absolute Gasteiger partial charge is 0.316 e. The first-order chi connectivity index (χ1) is 13.7. The van der Waals surface area contributed by atoms with Crippen molar-refractivity contribution in [3.63, 3.8) is 0 Å². The maximum Gasteiger partial charge on any atom is 0.246 e. The summed E-state index contributed by atoms with van der Waals surface area (Å²) in [5.74, 6) is -0.0229. The van der Waals surface area contributed by atoms with Crippen molar-refractivity contribution < 1.29 is 4.79 Å². The lowest BCUT2D eigenvalue weighted by Crippen LogP contribution is -2.12. The molecule has 3 rings (SSSR count). The molecule has 0 spiro atoms. The summed E-state index contributed by atoms with van der Waals surface area (Å²) in [5.41, 5.74) is 4.35. The smallest absolute Gasteiger partial charge is 0.246 e. The summed E-state index contributed by atoms with van der Waals surface area (Å²) < 4.78 is 0. The third-order valence-corrected chi connectivity index (χ3v) is 6.46. The van der Waals surface area contributed by atoms with E-state index in [0.717, 1.165) is 28.3 Å². The first kappa shape index (κ1) is 20.8. The highest BCUT2D eigenvalue weighted by Crippen LogP contribution is 2.33. The number of unbranched alkanes of at least 4 members (excludes halogenated alkanes) is 7. The van der Waals surface area contributed by atoms with Crippen LogP contribution in [0.3, 0.4) is 0 Å². The quantitative estimate of drug-likeness (QED) is 0.456. The SMILES string of the molecule is CCCCCCCCCCc1cc2c(s1)NC(=O)CN=C2c1ccccc1C. The number of carbonyl (C=O) groups is 1. The van der Waals surface area contributed by atoms with E-state index in [1.54, 1.807) is 11.3 Å². The number of hydrogen-bond donors (Lipinski definition) is 1. The van der Waals surface area contributed by atoms with Crippen LogP contribution in [0.25, 0.3) is 0 Å². The minimum atomic E-state index is -0.0229. The second kappa shape index (κ2) is 10.6. The highest BCUT2D eigenvalue weighted by Gasteiger charge is 2.21. The van der Waals surface area contributed by atoms with Crippen molar-refractivity contribution in [2.75, 3.05) is 11.9 Å². The summed E-state index contributed by atoms with van der Waals surface area (Å²) in [6.07, 6.45) is 11.7. The molecule has 0 saturated heterocycles. The molecule has 0 saturated carbocycles. The molecule has 2 aromatic rings. The Bertz CT molecular complexity index is 822. The van der Waals surface area contributed by atoms with E-state index in [4.69, 9.17) is 0 Å². The molecule has 1 aliphatic rings. The normalized spacial score (nSPS) is 13.6. The number of nitrogens with zero attached hydrogens (tertiary/aromatic N) is 1. The Kier molecular flexibility index (Phi) is 7.84. The molecule has 0 aliphatic carbocycles. The number of aryl methyl sites for hydroxylation is 2. The molecule has 1 aliphatic heterocycles. The van der Waals surface area contributed by atoms with Gasteiger partial charge in [0.15, 0.2) is 0 Å². The molecule has 28 heavy (non-hydrogen) atoms. The lowest BCUT2D eigenvalue weighted by molar-refractivity contribution is -0.114. The molecule has 3 nitrogen and oxygen atoms in total. The zero-order chi connectivity index (χ0) is 19.8. The number of nitrogens with one attached hydrogen (secondary N) is 1.